The first-order chi connectivity index (χ1) is 15.1. The molecule has 0 aliphatic rings. The number of fused-ring (bicyclic) bond motifs is 2. The number of primary sulfonamides is 1. The van der Waals surface area contributed by atoms with Gasteiger partial charge in [0.25, 0.3) is 10.0 Å². The van der Waals surface area contributed by atoms with Crippen LogP contribution in [0.5, 0.6) is 0 Å². The number of hydrogen-bond donors (Lipinski definition) is 4. The number of benzene rings is 2. The Morgan fingerprint density at radius 1 is 0.969 bits per heavy atom. The maximum atomic E-state index is 14.4. The van der Waals surface area contributed by atoms with Crippen molar-refractivity contribution in [1.29, 1.82) is 0 Å². The van der Waals surface area contributed by atoms with Crippen LogP contribution in [0.1, 0.15) is 31.0 Å². The molecule has 6 nitrogen and oxygen atoms in total. The number of aromatic amines is 3. The van der Waals surface area contributed by atoms with E-state index in [1.807, 2.05) is 31.2 Å². The quantitative estimate of drug-likeness (QED) is 0.289. The molecule has 0 aliphatic heterocycles. The van der Waals surface area contributed by atoms with E-state index in [1.165, 1.54) is 6.07 Å². The Bertz CT molecular complexity index is 1610. The summed E-state index contributed by atoms with van der Waals surface area (Å²) in [6.45, 7) is 6.16. The Labute approximate surface area is 184 Å². The summed E-state index contributed by atoms with van der Waals surface area (Å²) >= 11 is 0. The summed E-state index contributed by atoms with van der Waals surface area (Å²) < 4.78 is 38.3. The molecule has 0 atom stereocenters. The molecule has 5 N–H and O–H groups in total. The second kappa shape index (κ2) is 7.08. The van der Waals surface area contributed by atoms with Crippen LogP contribution in [-0.2, 0) is 10.0 Å². The molecule has 5 rings (SSSR count). The van der Waals surface area contributed by atoms with Crippen LogP contribution in [0.15, 0.2) is 53.7 Å². The predicted molar refractivity (Wildman–Crippen MR) is 126 cm³/mol. The number of hydrogen-bond acceptors (Lipinski definition) is 2. The molecule has 3 heterocycles. The van der Waals surface area contributed by atoms with E-state index in [-0.39, 0.29) is 16.8 Å². The van der Waals surface area contributed by atoms with Crippen molar-refractivity contribution in [3.63, 3.8) is 0 Å². The third-order valence-corrected chi connectivity index (χ3v) is 6.75. The third-order valence-electron chi connectivity index (χ3n) is 5.92. The zero-order chi connectivity index (χ0) is 22.8. The molecule has 32 heavy (non-hydrogen) atoms. The van der Waals surface area contributed by atoms with Crippen LogP contribution in [0.25, 0.3) is 44.2 Å². The van der Waals surface area contributed by atoms with Crippen LogP contribution in [0.3, 0.4) is 0 Å². The highest BCUT2D eigenvalue weighted by molar-refractivity contribution is 7.89. The minimum absolute atomic E-state index is 0.0291. The molecule has 0 saturated heterocycles. The Kier molecular flexibility index (Phi) is 4.54. The lowest BCUT2D eigenvalue weighted by Gasteiger charge is -2.14. The summed E-state index contributed by atoms with van der Waals surface area (Å²) in [5.74, 6) is -0.196. The Balaban J connectivity index is 1.84. The number of halogens is 1. The molecule has 164 valence electrons. The van der Waals surface area contributed by atoms with Gasteiger partial charge in [-0.2, -0.15) is 0 Å². The molecule has 0 spiro atoms. The van der Waals surface area contributed by atoms with E-state index in [2.05, 4.69) is 28.8 Å². The number of nitrogens with two attached hydrogens (primary N) is 1. The number of aromatic nitrogens is 3. The molecule has 0 amide bonds. The van der Waals surface area contributed by atoms with Gasteiger partial charge in [-0.1, -0.05) is 26.0 Å². The summed E-state index contributed by atoms with van der Waals surface area (Å²) in [6.07, 6.45) is 1.80. The maximum Gasteiger partial charge on any atom is 0.253 e. The molecule has 8 heteroatoms. The number of nitrogens with one attached hydrogen (secondary N) is 3. The molecule has 0 saturated carbocycles. The first-order valence-corrected chi connectivity index (χ1v) is 11.8. The normalized spacial score (nSPS) is 12.4. The van der Waals surface area contributed by atoms with E-state index in [4.69, 9.17) is 5.14 Å². The molecule has 0 unspecified atom stereocenters. The summed E-state index contributed by atoms with van der Waals surface area (Å²) in [7, 11) is -3.87. The van der Waals surface area contributed by atoms with Crippen LogP contribution in [-0.4, -0.2) is 23.4 Å². The van der Waals surface area contributed by atoms with Crippen molar-refractivity contribution in [2.75, 3.05) is 0 Å². The molecule has 0 bridgehead atoms. The van der Waals surface area contributed by atoms with Crippen LogP contribution < -0.4 is 5.14 Å². The van der Waals surface area contributed by atoms with Gasteiger partial charge in [0.05, 0.1) is 5.69 Å². The zero-order valence-corrected chi connectivity index (χ0v) is 18.7. The fourth-order valence-electron chi connectivity index (χ4n) is 4.62. The minimum Gasteiger partial charge on any atom is -0.361 e. The fraction of sp³-hybridized carbons (Fsp3) is 0.167. The van der Waals surface area contributed by atoms with Crippen molar-refractivity contribution in [3.8, 4) is 22.4 Å². The van der Waals surface area contributed by atoms with E-state index in [9.17, 15) is 12.8 Å². The van der Waals surface area contributed by atoms with Gasteiger partial charge in [0, 0.05) is 44.8 Å². The Morgan fingerprint density at radius 3 is 2.47 bits per heavy atom. The Morgan fingerprint density at radius 2 is 1.75 bits per heavy atom. The Hall–Kier alpha value is -3.36. The van der Waals surface area contributed by atoms with Crippen molar-refractivity contribution in [3.05, 3.63) is 65.7 Å². The first-order valence-electron chi connectivity index (χ1n) is 10.3. The van der Waals surface area contributed by atoms with E-state index in [0.29, 0.717) is 5.52 Å². The third kappa shape index (κ3) is 3.14. The highest BCUT2D eigenvalue weighted by Gasteiger charge is 2.24. The predicted octanol–water partition coefficient (Wildman–Crippen LogP) is 5.53. The lowest BCUT2D eigenvalue weighted by molar-refractivity contribution is 0.595. The van der Waals surface area contributed by atoms with Gasteiger partial charge >= 0.3 is 0 Å². The van der Waals surface area contributed by atoms with E-state index in [0.717, 1.165) is 49.9 Å². The number of aryl methyl sites for hydroxylation is 1. The van der Waals surface area contributed by atoms with Gasteiger partial charge in [-0.25, -0.2) is 17.9 Å². The van der Waals surface area contributed by atoms with Gasteiger partial charge in [-0.15, -0.1) is 0 Å². The lowest BCUT2D eigenvalue weighted by Crippen LogP contribution is -2.12. The average molecular weight is 451 g/mol. The van der Waals surface area contributed by atoms with Gasteiger partial charge in [-0.3, -0.25) is 0 Å². The average Bonchev–Trinajstić information content (AvgIpc) is 3.42. The molecule has 0 radical (unpaired) electrons. The highest BCUT2D eigenvalue weighted by Crippen LogP contribution is 2.44. The van der Waals surface area contributed by atoms with Crippen LogP contribution in [0.4, 0.5) is 4.39 Å². The summed E-state index contributed by atoms with van der Waals surface area (Å²) in [5, 5.41) is 7.01. The molecule has 0 aliphatic carbocycles. The van der Waals surface area contributed by atoms with Crippen molar-refractivity contribution in [2.24, 2.45) is 5.14 Å². The largest absolute Gasteiger partial charge is 0.361 e. The van der Waals surface area contributed by atoms with Crippen LogP contribution >= 0.6 is 0 Å². The molecule has 2 aromatic carbocycles. The first kappa shape index (κ1) is 20.5. The van der Waals surface area contributed by atoms with Crippen molar-refractivity contribution in [1.82, 2.24) is 15.0 Å². The van der Waals surface area contributed by atoms with E-state index in [1.54, 1.807) is 18.3 Å². The van der Waals surface area contributed by atoms with E-state index >= 15 is 0 Å². The maximum absolute atomic E-state index is 14.4. The van der Waals surface area contributed by atoms with Crippen molar-refractivity contribution in [2.45, 2.75) is 31.7 Å². The summed E-state index contributed by atoms with van der Waals surface area (Å²) in [6, 6.07) is 12.2. The van der Waals surface area contributed by atoms with Gasteiger partial charge in [-0.05, 0) is 54.3 Å². The number of sulfonamides is 1. The van der Waals surface area contributed by atoms with Crippen LogP contribution in [0.2, 0.25) is 0 Å². The molecule has 0 fully saturated rings. The van der Waals surface area contributed by atoms with Crippen LogP contribution in [0, 0.1) is 12.7 Å². The summed E-state index contributed by atoms with van der Waals surface area (Å²) in [5.41, 5.74) is 6.88. The van der Waals surface area contributed by atoms with Gasteiger partial charge in [0.1, 0.15) is 10.8 Å². The number of rotatable bonds is 4. The molecule has 3 aromatic heterocycles. The van der Waals surface area contributed by atoms with Gasteiger partial charge < -0.3 is 15.0 Å². The molecule has 5 aromatic rings. The molecular formula is C24H23FN4O2S. The molecular weight excluding hydrogens is 427 g/mol. The topological polar surface area (TPSA) is 108 Å². The zero-order valence-electron chi connectivity index (χ0n) is 17.9. The van der Waals surface area contributed by atoms with Gasteiger partial charge in [0.15, 0.2) is 0 Å². The second-order valence-corrected chi connectivity index (χ2v) is 9.94. The van der Waals surface area contributed by atoms with Crippen molar-refractivity contribution >= 4 is 31.8 Å². The lowest BCUT2D eigenvalue weighted by atomic mass is 9.89. The second-order valence-electron chi connectivity index (χ2n) is 8.41. The van der Waals surface area contributed by atoms with Gasteiger partial charge in [0.2, 0.25) is 0 Å². The monoisotopic (exact) mass is 450 g/mol. The summed E-state index contributed by atoms with van der Waals surface area (Å²) in [4.78, 5) is 9.48. The fourth-order valence-corrected chi connectivity index (χ4v) is 5.16. The SMILES string of the molecule is Cc1[nH]c(-c2cc(F)cc3[nH]ccc23)c(C(C)C)c1-c1cccc2[nH]c(S(N)(=O)=O)cc12. The standard InChI is InChI=1S/C24H23FN4O2S/c1-12(2)22-23(16-5-4-6-19-17(16)11-21(29-19)32(26,30)31)13(3)28-24(22)18-9-14(25)10-20-15(18)7-8-27-20/h4-12,27-29H,1-3H3,(H2,26,30,31). The van der Waals surface area contributed by atoms with E-state index < -0.39 is 10.0 Å². The van der Waals surface area contributed by atoms with Crippen molar-refractivity contribution < 1.29 is 12.8 Å². The smallest absolute Gasteiger partial charge is 0.253 e. The number of H-pyrrole nitrogens is 3. The highest BCUT2D eigenvalue weighted by atomic mass is 32.2. The minimum atomic E-state index is -3.87.